The third kappa shape index (κ3) is 5.14. The maximum absolute atomic E-state index is 13.8. The number of nitrogens with zero attached hydrogens (tertiary/aromatic N) is 2. The number of rotatable bonds is 7. The summed E-state index contributed by atoms with van der Waals surface area (Å²) in [7, 11) is 1.42. The lowest BCUT2D eigenvalue weighted by Gasteiger charge is -2.36. The lowest BCUT2D eigenvalue weighted by atomic mass is 10.0. The van der Waals surface area contributed by atoms with Crippen LogP contribution in [0.15, 0.2) is 72.3 Å². The molecule has 1 aliphatic heterocycles. The molecule has 3 aromatic rings. The van der Waals surface area contributed by atoms with Crippen LogP contribution in [0.4, 0.5) is 11.4 Å². The Hall–Kier alpha value is -4.50. The highest BCUT2D eigenvalue weighted by molar-refractivity contribution is 7.81. The predicted molar refractivity (Wildman–Crippen MR) is 149 cm³/mol. The Bertz CT molecular complexity index is 1470. The third-order valence-electron chi connectivity index (χ3n) is 6.16. The minimum Gasteiger partial charge on any atom is -0.493 e. The SMILES string of the molecule is COc1cc(/C=C2/C(=O)N(c3ccccc3)C(=S)N(c3ccc(C)c(C)c3)C2=O)ccc1O[C@H](C)C(=O)O. The summed E-state index contributed by atoms with van der Waals surface area (Å²) in [6.07, 6.45) is 0.366. The highest BCUT2D eigenvalue weighted by atomic mass is 32.1. The molecule has 1 aliphatic rings. The van der Waals surface area contributed by atoms with Gasteiger partial charge in [-0.15, -0.1) is 0 Å². The van der Waals surface area contributed by atoms with Gasteiger partial charge in [-0.25, -0.2) is 4.79 Å². The van der Waals surface area contributed by atoms with Gasteiger partial charge >= 0.3 is 5.97 Å². The Morgan fingerprint density at radius 3 is 2.16 bits per heavy atom. The number of anilines is 2. The van der Waals surface area contributed by atoms with Crippen molar-refractivity contribution in [2.24, 2.45) is 0 Å². The number of aryl methyl sites for hydroxylation is 2. The molecule has 0 unspecified atom stereocenters. The summed E-state index contributed by atoms with van der Waals surface area (Å²) < 4.78 is 10.8. The first-order valence-corrected chi connectivity index (χ1v) is 12.2. The van der Waals surface area contributed by atoms with Gasteiger partial charge in [-0.2, -0.15) is 0 Å². The zero-order valence-corrected chi connectivity index (χ0v) is 22.1. The van der Waals surface area contributed by atoms with E-state index in [4.69, 9.17) is 26.8 Å². The van der Waals surface area contributed by atoms with Crippen molar-refractivity contribution >= 4 is 52.6 Å². The van der Waals surface area contributed by atoms with Crippen LogP contribution in [0.25, 0.3) is 6.08 Å². The van der Waals surface area contributed by atoms with Gasteiger partial charge in [0.25, 0.3) is 11.8 Å². The van der Waals surface area contributed by atoms with Crippen LogP contribution in [0.1, 0.15) is 23.6 Å². The molecule has 38 heavy (non-hydrogen) atoms. The van der Waals surface area contributed by atoms with Crippen LogP contribution in [-0.4, -0.2) is 41.2 Å². The number of carbonyl (C=O) groups is 3. The molecule has 0 aliphatic carbocycles. The first-order chi connectivity index (χ1) is 18.1. The van der Waals surface area contributed by atoms with Crippen molar-refractivity contribution in [3.05, 3.63) is 89.0 Å². The normalized spacial score (nSPS) is 15.6. The standard InChI is InChI=1S/C29H26N2O6S/c1-17-10-12-22(14-18(17)2)31-27(33)23(26(32)30(29(31)38)21-8-6-5-7-9-21)15-20-11-13-24(25(16-20)36-4)37-19(3)28(34)35/h5-16,19H,1-4H3,(H,34,35)/b23-15-/t19-/m1/s1. The van der Waals surface area contributed by atoms with E-state index in [0.717, 1.165) is 11.1 Å². The van der Waals surface area contributed by atoms with Gasteiger partial charge in [0, 0.05) is 0 Å². The molecule has 0 aromatic heterocycles. The maximum atomic E-state index is 13.8. The fourth-order valence-electron chi connectivity index (χ4n) is 3.91. The van der Waals surface area contributed by atoms with Crippen LogP contribution in [0, 0.1) is 13.8 Å². The van der Waals surface area contributed by atoms with Crippen LogP contribution in [0.2, 0.25) is 0 Å². The van der Waals surface area contributed by atoms with Gasteiger partial charge in [0.1, 0.15) is 5.57 Å². The van der Waals surface area contributed by atoms with Crippen LogP contribution in [0.3, 0.4) is 0 Å². The highest BCUT2D eigenvalue weighted by Crippen LogP contribution is 2.33. The summed E-state index contributed by atoms with van der Waals surface area (Å²) in [4.78, 5) is 41.3. The molecule has 1 N–H and O–H groups in total. The second-order valence-electron chi connectivity index (χ2n) is 8.73. The Morgan fingerprint density at radius 2 is 1.55 bits per heavy atom. The summed E-state index contributed by atoms with van der Waals surface area (Å²) in [5.74, 6) is -1.78. The van der Waals surface area contributed by atoms with E-state index in [0.29, 0.717) is 16.9 Å². The van der Waals surface area contributed by atoms with Crippen LogP contribution < -0.4 is 19.3 Å². The Morgan fingerprint density at radius 1 is 0.895 bits per heavy atom. The van der Waals surface area contributed by atoms with Crippen LogP contribution in [0.5, 0.6) is 11.5 Å². The lowest BCUT2D eigenvalue weighted by molar-refractivity contribution is -0.144. The first kappa shape index (κ1) is 26.6. The molecular formula is C29H26N2O6S. The van der Waals surface area contributed by atoms with E-state index in [1.54, 1.807) is 42.5 Å². The van der Waals surface area contributed by atoms with Gasteiger partial charge in [-0.3, -0.25) is 19.4 Å². The van der Waals surface area contributed by atoms with E-state index in [9.17, 15) is 14.4 Å². The summed E-state index contributed by atoms with van der Waals surface area (Å²) in [5.41, 5.74) is 3.49. The number of hydrogen-bond donors (Lipinski definition) is 1. The Balaban J connectivity index is 1.81. The molecule has 1 fully saturated rings. The summed E-state index contributed by atoms with van der Waals surface area (Å²) in [6.45, 7) is 5.31. The number of thiocarbonyl (C=S) groups is 1. The number of carboxylic acids is 1. The quantitative estimate of drug-likeness (QED) is 0.263. The lowest BCUT2D eigenvalue weighted by Crippen LogP contribution is -2.57. The van der Waals surface area contributed by atoms with Crippen molar-refractivity contribution < 1.29 is 29.0 Å². The van der Waals surface area contributed by atoms with E-state index in [-0.39, 0.29) is 22.2 Å². The fraction of sp³-hybridized carbons (Fsp3) is 0.172. The average Bonchev–Trinajstić information content (AvgIpc) is 2.90. The molecule has 3 aromatic carbocycles. The molecule has 1 atom stereocenters. The van der Waals surface area contributed by atoms with E-state index in [1.165, 1.54) is 36.0 Å². The number of aliphatic carboxylic acids is 1. The smallest absolute Gasteiger partial charge is 0.344 e. The zero-order chi connectivity index (χ0) is 27.6. The van der Waals surface area contributed by atoms with Gasteiger partial charge < -0.3 is 14.6 Å². The van der Waals surface area contributed by atoms with Crippen molar-refractivity contribution in [2.75, 3.05) is 16.9 Å². The van der Waals surface area contributed by atoms with Crippen LogP contribution in [-0.2, 0) is 14.4 Å². The zero-order valence-electron chi connectivity index (χ0n) is 21.3. The topological polar surface area (TPSA) is 96.4 Å². The molecule has 0 bridgehead atoms. The molecule has 1 saturated heterocycles. The van der Waals surface area contributed by atoms with E-state index in [1.807, 2.05) is 32.0 Å². The van der Waals surface area contributed by atoms with Crippen molar-refractivity contribution in [3.8, 4) is 11.5 Å². The number of amides is 2. The van der Waals surface area contributed by atoms with Gasteiger partial charge in [-0.05, 0) is 92.2 Å². The monoisotopic (exact) mass is 530 g/mol. The Labute approximate surface area is 225 Å². The van der Waals surface area contributed by atoms with Gasteiger partial charge in [0.05, 0.1) is 18.5 Å². The molecule has 2 amide bonds. The molecule has 8 nitrogen and oxygen atoms in total. The van der Waals surface area contributed by atoms with Gasteiger partial charge in [-0.1, -0.05) is 30.3 Å². The molecule has 9 heteroatoms. The maximum Gasteiger partial charge on any atom is 0.344 e. The number of para-hydroxylation sites is 1. The number of methoxy groups -OCH3 is 1. The van der Waals surface area contributed by atoms with Gasteiger partial charge in [0.2, 0.25) is 0 Å². The molecule has 0 radical (unpaired) electrons. The summed E-state index contributed by atoms with van der Waals surface area (Å²) in [6, 6.07) is 19.1. The third-order valence-corrected chi connectivity index (χ3v) is 6.53. The van der Waals surface area contributed by atoms with E-state index in [2.05, 4.69) is 0 Å². The second kappa shape index (κ2) is 10.9. The molecule has 194 valence electrons. The number of carboxylic acid groups (broad SMARTS) is 1. The predicted octanol–water partition coefficient (Wildman–Crippen LogP) is 4.91. The van der Waals surface area contributed by atoms with Crippen molar-refractivity contribution in [1.29, 1.82) is 0 Å². The fourth-order valence-corrected chi connectivity index (χ4v) is 4.28. The van der Waals surface area contributed by atoms with E-state index < -0.39 is 23.9 Å². The highest BCUT2D eigenvalue weighted by Gasteiger charge is 2.41. The Kier molecular flexibility index (Phi) is 7.59. The number of ether oxygens (including phenoxy) is 2. The molecule has 1 heterocycles. The molecule has 4 rings (SSSR count). The first-order valence-electron chi connectivity index (χ1n) is 11.8. The molecular weight excluding hydrogens is 504 g/mol. The average molecular weight is 531 g/mol. The second-order valence-corrected chi connectivity index (χ2v) is 9.10. The summed E-state index contributed by atoms with van der Waals surface area (Å²) in [5, 5.41) is 9.21. The molecule has 0 spiro atoms. The minimum absolute atomic E-state index is 0.0515. The van der Waals surface area contributed by atoms with Gasteiger partial charge in [0.15, 0.2) is 22.7 Å². The summed E-state index contributed by atoms with van der Waals surface area (Å²) >= 11 is 5.68. The largest absolute Gasteiger partial charge is 0.493 e. The minimum atomic E-state index is -1.12. The molecule has 0 saturated carbocycles. The number of hydrogen-bond acceptors (Lipinski definition) is 6. The van der Waals surface area contributed by atoms with Crippen molar-refractivity contribution in [3.63, 3.8) is 0 Å². The van der Waals surface area contributed by atoms with Crippen molar-refractivity contribution in [1.82, 2.24) is 0 Å². The van der Waals surface area contributed by atoms with E-state index >= 15 is 0 Å². The number of benzene rings is 3. The number of carbonyl (C=O) groups excluding carboxylic acids is 2. The van der Waals surface area contributed by atoms with Crippen LogP contribution >= 0.6 is 12.2 Å². The van der Waals surface area contributed by atoms with Crippen molar-refractivity contribution in [2.45, 2.75) is 26.9 Å².